The van der Waals surface area contributed by atoms with Crippen molar-refractivity contribution in [2.75, 3.05) is 0 Å². The molecule has 7 heteroatoms. The predicted molar refractivity (Wildman–Crippen MR) is 97.1 cm³/mol. The predicted octanol–water partition coefficient (Wildman–Crippen LogP) is 3.10. The topological polar surface area (TPSA) is 76.5 Å². The van der Waals surface area contributed by atoms with Crippen LogP contribution in [0.4, 0.5) is 4.39 Å². The van der Waals surface area contributed by atoms with E-state index in [4.69, 9.17) is 5.26 Å². The van der Waals surface area contributed by atoms with E-state index in [1.54, 1.807) is 53.3 Å². The van der Waals surface area contributed by atoms with Gasteiger partial charge in [0.05, 0.1) is 34.9 Å². The van der Waals surface area contributed by atoms with E-state index in [0.29, 0.717) is 22.6 Å². The Balaban J connectivity index is 1.86. The number of benzene rings is 2. The molecule has 0 N–H and O–H groups in total. The van der Waals surface area contributed by atoms with Gasteiger partial charge in [-0.25, -0.2) is 13.8 Å². The van der Waals surface area contributed by atoms with E-state index in [0.717, 1.165) is 0 Å². The Labute approximate surface area is 153 Å². The lowest BCUT2D eigenvalue weighted by molar-refractivity contribution is 0.625. The molecule has 0 unspecified atom stereocenters. The molecule has 4 aromatic rings. The fourth-order valence-corrected chi connectivity index (χ4v) is 2.74. The van der Waals surface area contributed by atoms with Crippen molar-refractivity contribution in [3.8, 4) is 28.8 Å². The molecule has 0 aliphatic carbocycles. The molecule has 130 valence electrons. The first-order valence-electron chi connectivity index (χ1n) is 8.06. The number of nitrogens with zero attached hydrogens (tertiary/aromatic N) is 5. The Hall–Kier alpha value is -4.05. The van der Waals surface area contributed by atoms with Crippen molar-refractivity contribution >= 4 is 0 Å². The van der Waals surface area contributed by atoms with E-state index in [1.807, 2.05) is 0 Å². The van der Waals surface area contributed by atoms with Gasteiger partial charge in [-0.3, -0.25) is 4.79 Å². The van der Waals surface area contributed by atoms with Gasteiger partial charge < -0.3 is 0 Å². The summed E-state index contributed by atoms with van der Waals surface area (Å²) in [7, 11) is 0. The molecular weight excluding hydrogens is 345 g/mol. The quantitative estimate of drug-likeness (QED) is 0.565. The van der Waals surface area contributed by atoms with Crippen LogP contribution in [0.2, 0.25) is 0 Å². The summed E-state index contributed by atoms with van der Waals surface area (Å²) in [5.41, 5.74) is 1.96. The number of nitriles is 1. The lowest BCUT2D eigenvalue weighted by Gasteiger charge is -2.10. The van der Waals surface area contributed by atoms with Crippen molar-refractivity contribution < 1.29 is 4.39 Å². The SMILES string of the molecule is N#Cc1cccc(-n2nccc2-c2nn(-c3cccc(F)c3)ccc2=O)c1. The highest BCUT2D eigenvalue weighted by molar-refractivity contribution is 5.58. The van der Waals surface area contributed by atoms with Gasteiger partial charge in [-0.1, -0.05) is 12.1 Å². The molecule has 0 radical (unpaired) electrons. The number of hydrogen-bond donors (Lipinski definition) is 0. The third kappa shape index (κ3) is 3.12. The molecule has 6 nitrogen and oxygen atoms in total. The summed E-state index contributed by atoms with van der Waals surface area (Å²) in [4.78, 5) is 12.4. The summed E-state index contributed by atoms with van der Waals surface area (Å²) < 4.78 is 16.5. The van der Waals surface area contributed by atoms with E-state index >= 15 is 0 Å². The summed E-state index contributed by atoms with van der Waals surface area (Å²) in [6.07, 6.45) is 3.03. The van der Waals surface area contributed by atoms with Crippen molar-refractivity contribution in [3.63, 3.8) is 0 Å². The maximum absolute atomic E-state index is 13.5. The summed E-state index contributed by atoms with van der Waals surface area (Å²) in [5, 5.41) is 17.7. The number of rotatable bonds is 3. The minimum absolute atomic E-state index is 0.168. The van der Waals surface area contributed by atoms with E-state index < -0.39 is 5.82 Å². The van der Waals surface area contributed by atoms with E-state index in [1.165, 1.54) is 29.1 Å². The Bertz CT molecular complexity index is 1240. The maximum Gasteiger partial charge on any atom is 0.209 e. The highest BCUT2D eigenvalue weighted by Gasteiger charge is 2.14. The van der Waals surface area contributed by atoms with Crippen LogP contribution >= 0.6 is 0 Å². The van der Waals surface area contributed by atoms with Crippen LogP contribution in [0.5, 0.6) is 0 Å². The molecule has 27 heavy (non-hydrogen) atoms. The first kappa shape index (κ1) is 16.4. The van der Waals surface area contributed by atoms with Crippen molar-refractivity contribution in [2.24, 2.45) is 0 Å². The highest BCUT2D eigenvalue weighted by Crippen LogP contribution is 2.19. The number of aromatic nitrogens is 4. The molecule has 0 fully saturated rings. The molecule has 0 atom stereocenters. The Morgan fingerprint density at radius 2 is 1.81 bits per heavy atom. The van der Waals surface area contributed by atoms with Crippen LogP contribution in [0, 0.1) is 17.1 Å². The van der Waals surface area contributed by atoms with Crippen LogP contribution in [0.25, 0.3) is 22.8 Å². The van der Waals surface area contributed by atoms with Gasteiger partial charge in [-0.05, 0) is 42.5 Å². The second kappa shape index (κ2) is 6.69. The molecule has 4 rings (SSSR count). The zero-order chi connectivity index (χ0) is 18.8. The first-order chi connectivity index (χ1) is 13.2. The average molecular weight is 357 g/mol. The van der Waals surface area contributed by atoms with Crippen LogP contribution in [-0.2, 0) is 0 Å². The van der Waals surface area contributed by atoms with Crippen molar-refractivity contribution in [1.82, 2.24) is 19.6 Å². The molecule has 0 saturated heterocycles. The standard InChI is InChI=1S/C20H12FN5O/c21-15-4-2-5-16(12-15)25-10-8-19(27)20(24-25)18-7-9-23-26(18)17-6-1-3-14(11-17)13-22/h1-12H. The summed E-state index contributed by atoms with van der Waals surface area (Å²) in [6, 6.07) is 17.9. The van der Waals surface area contributed by atoms with Gasteiger partial charge >= 0.3 is 0 Å². The molecule has 0 saturated carbocycles. The fraction of sp³-hybridized carbons (Fsp3) is 0. The molecule has 2 heterocycles. The van der Waals surface area contributed by atoms with E-state index in [9.17, 15) is 9.18 Å². The lowest BCUT2D eigenvalue weighted by Crippen LogP contribution is -2.14. The molecule has 0 aliphatic rings. The molecule has 2 aromatic heterocycles. The zero-order valence-electron chi connectivity index (χ0n) is 14.0. The van der Waals surface area contributed by atoms with E-state index in [2.05, 4.69) is 16.3 Å². The first-order valence-corrected chi connectivity index (χ1v) is 8.06. The molecular formula is C20H12FN5O. The molecule has 0 aliphatic heterocycles. The van der Waals surface area contributed by atoms with Gasteiger partial charge in [0.25, 0.3) is 0 Å². The minimum atomic E-state index is -0.395. The van der Waals surface area contributed by atoms with Gasteiger partial charge in [0.15, 0.2) is 5.69 Å². The monoisotopic (exact) mass is 357 g/mol. The summed E-state index contributed by atoms with van der Waals surface area (Å²) in [6.45, 7) is 0. The minimum Gasteiger partial charge on any atom is -0.287 e. The Morgan fingerprint density at radius 1 is 1.00 bits per heavy atom. The van der Waals surface area contributed by atoms with Crippen molar-refractivity contribution in [3.05, 3.63) is 94.7 Å². The second-order valence-electron chi connectivity index (χ2n) is 5.74. The zero-order valence-corrected chi connectivity index (χ0v) is 14.0. The number of halogens is 1. The number of hydrogen-bond acceptors (Lipinski definition) is 4. The normalized spacial score (nSPS) is 10.5. The summed E-state index contributed by atoms with van der Waals surface area (Å²) in [5.74, 6) is -0.395. The second-order valence-corrected chi connectivity index (χ2v) is 5.74. The Morgan fingerprint density at radius 3 is 2.63 bits per heavy atom. The van der Waals surface area contributed by atoms with Crippen LogP contribution < -0.4 is 5.43 Å². The lowest BCUT2D eigenvalue weighted by atomic mass is 10.2. The third-order valence-corrected chi connectivity index (χ3v) is 3.99. The van der Waals surface area contributed by atoms with Crippen LogP contribution in [0.3, 0.4) is 0 Å². The van der Waals surface area contributed by atoms with E-state index in [-0.39, 0.29) is 11.1 Å². The van der Waals surface area contributed by atoms with Gasteiger partial charge in [0.1, 0.15) is 5.82 Å². The molecule has 0 bridgehead atoms. The summed E-state index contributed by atoms with van der Waals surface area (Å²) >= 11 is 0. The highest BCUT2D eigenvalue weighted by atomic mass is 19.1. The maximum atomic E-state index is 13.5. The van der Waals surface area contributed by atoms with Crippen LogP contribution in [-0.4, -0.2) is 19.6 Å². The van der Waals surface area contributed by atoms with Crippen molar-refractivity contribution in [1.29, 1.82) is 5.26 Å². The molecule has 0 spiro atoms. The average Bonchev–Trinajstić information content (AvgIpc) is 3.18. The Kier molecular flexibility index (Phi) is 4.07. The fourth-order valence-electron chi connectivity index (χ4n) is 2.74. The molecule has 2 aromatic carbocycles. The van der Waals surface area contributed by atoms with Gasteiger partial charge in [0.2, 0.25) is 5.43 Å². The van der Waals surface area contributed by atoms with Crippen LogP contribution in [0.1, 0.15) is 5.56 Å². The van der Waals surface area contributed by atoms with Gasteiger partial charge in [0, 0.05) is 12.3 Å². The largest absolute Gasteiger partial charge is 0.287 e. The smallest absolute Gasteiger partial charge is 0.209 e. The van der Waals surface area contributed by atoms with Gasteiger partial charge in [-0.2, -0.15) is 15.5 Å². The van der Waals surface area contributed by atoms with Crippen molar-refractivity contribution in [2.45, 2.75) is 0 Å². The van der Waals surface area contributed by atoms with Gasteiger partial charge in [-0.15, -0.1) is 0 Å². The van der Waals surface area contributed by atoms with Crippen LogP contribution in [0.15, 0.2) is 77.9 Å². The third-order valence-electron chi connectivity index (χ3n) is 3.99. The molecule has 0 amide bonds.